The van der Waals surface area contributed by atoms with Crippen molar-refractivity contribution in [2.45, 2.75) is 13.5 Å². The molecule has 0 aromatic heterocycles. The first-order valence-corrected chi connectivity index (χ1v) is 6.70. The fourth-order valence-electron chi connectivity index (χ4n) is 2.37. The minimum absolute atomic E-state index is 0.268. The first-order chi connectivity index (χ1) is 10.0. The van der Waals surface area contributed by atoms with E-state index in [1.54, 1.807) is 25.3 Å². The summed E-state index contributed by atoms with van der Waals surface area (Å²) in [4.78, 5) is 13.2. The van der Waals surface area contributed by atoms with Crippen molar-refractivity contribution in [3.05, 3.63) is 59.2 Å². The molecule has 0 amide bonds. The maximum atomic E-state index is 11.1. The van der Waals surface area contributed by atoms with Gasteiger partial charge in [-0.05, 0) is 36.8 Å². The average molecular weight is 285 g/mol. The number of aryl methyl sites for hydroxylation is 1. The standard InChI is InChI=1S/C17H19NO3/c1-12-6-4-5-7-15(12)18(2)11-14-10-13(17(19)20)8-9-16(14)21-3/h4-10H,11H2,1-3H3,(H,19,20). The molecule has 0 aliphatic rings. The van der Waals surface area contributed by atoms with Crippen molar-refractivity contribution >= 4 is 11.7 Å². The lowest BCUT2D eigenvalue weighted by atomic mass is 10.1. The second kappa shape index (κ2) is 6.31. The molecule has 0 atom stereocenters. The Labute approximate surface area is 124 Å². The van der Waals surface area contributed by atoms with E-state index >= 15 is 0 Å². The monoisotopic (exact) mass is 285 g/mol. The van der Waals surface area contributed by atoms with Crippen LogP contribution >= 0.6 is 0 Å². The smallest absolute Gasteiger partial charge is 0.335 e. The molecule has 0 bridgehead atoms. The zero-order chi connectivity index (χ0) is 15.4. The van der Waals surface area contributed by atoms with E-state index in [4.69, 9.17) is 9.84 Å². The van der Waals surface area contributed by atoms with E-state index in [0.29, 0.717) is 12.3 Å². The van der Waals surface area contributed by atoms with Gasteiger partial charge in [-0.15, -0.1) is 0 Å². The Bertz CT molecular complexity index is 652. The second-order valence-electron chi connectivity index (χ2n) is 4.97. The van der Waals surface area contributed by atoms with Crippen LogP contribution in [0, 0.1) is 6.92 Å². The summed E-state index contributed by atoms with van der Waals surface area (Å²) in [6.45, 7) is 2.63. The van der Waals surface area contributed by atoms with E-state index in [-0.39, 0.29) is 5.56 Å². The molecule has 1 N–H and O–H groups in total. The number of ether oxygens (including phenoxy) is 1. The van der Waals surface area contributed by atoms with Gasteiger partial charge in [0.15, 0.2) is 0 Å². The molecule has 2 aromatic carbocycles. The summed E-state index contributed by atoms with van der Waals surface area (Å²) >= 11 is 0. The highest BCUT2D eigenvalue weighted by Crippen LogP contribution is 2.25. The highest BCUT2D eigenvalue weighted by Gasteiger charge is 2.12. The SMILES string of the molecule is COc1ccc(C(=O)O)cc1CN(C)c1ccccc1C. The third-order valence-corrected chi connectivity index (χ3v) is 3.46. The number of carboxylic acids is 1. The van der Waals surface area contributed by atoms with Crippen LogP contribution in [0.5, 0.6) is 5.75 Å². The molecule has 110 valence electrons. The van der Waals surface area contributed by atoms with Crippen molar-refractivity contribution in [1.29, 1.82) is 0 Å². The predicted molar refractivity (Wildman–Crippen MR) is 83.2 cm³/mol. The van der Waals surface area contributed by atoms with E-state index in [0.717, 1.165) is 11.3 Å². The number of rotatable bonds is 5. The molecule has 0 unspecified atom stereocenters. The number of hydrogen-bond acceptors (Lipinski definition) is 3. The zero-order valence-corrected chi connectivity index (χ0v) is 12.5. The Balaban J connectivity index is 2.31. The zero-order valence-electron chi connectivity index (χ0n) is 12.5. The van der Waals surface area contributed by atoms with Gasteiger partial charge in [0.05, 0.1) is 12.7 Å². The fraction of sp³-hybridized carbons (Fsp3) is 0.235. The predicted octanol–water partition coefficient (Wildman–Crippen LogP) is 3.34. The van der Waals surface area contributed by atoms with E-state index in [1.807, 2.05) is 25.2 Å². The number of nitrogens with zero attached hydrogens (tertiary/aromatic N) is 1. The molecule has 4 heteroatoms. The van der Waals surface area contributed by atoms with Crippen LogP contribution in [0.3, 0.4) is 0 Å². The lowest BCUT2D eigenvalue weighted by molar-refractivity contribution is 0.0696. The quantitative estimate of drug-likeness (QED) is 0.915. The third kappa shape index (κ3) is 3.34. The van der Waals surface area contributed by atoms with Crippen LogP contribution in [0.4, 0.5) is 5.69 Å². The molecule has 2 rings (SSSR count). The maximum absolute atomic E-state index is 11.1. The van der Waals surface area contributed by atoms with Crippen LogP contribution in [0.2, 0.25) is 0 Å². The topological polar surface area (TPSA) is 49.8 Å². The Morgan fingerprint density at radius 2 is 1.95 bits per heavy atom. The Morgan fingerprint density at radius 3 is 2.57 bits per heavy atom. The minimum Gasteiger partial charge on any atom is -0.496 e. The van der Waals surface area contributed by atoms with Crippen molar-refractivity contribution < 1.29 is 14.6 Å². The van der Waals surface area contributed by atoms with Crippen LogP contribution in [0.1, 0.15) is 21.5 Å². The van der Waals surface area contributed by atoms with Gasteiger partial charge in [-0.1, -0.05) is 18.2 Å². The van der Waals surface area contributed by atoms with Gasteiger partial charge in [0, 0.05) is 24.8 Å². The van der Waals surface area contributed by atoms with Crippen molar-refractivity contribution in [3.8, 4) is 5.75 Å². The first-order valence-electron chi connectivity index (χ1n) is 6.70. The van der Waals surface area contributed by atoms with Gasteiger partial charge >= 0.3 is 5.97 Å². The summed E-state index contributed by atoms with van der Waals surface area (Å²) < 4.78 is 5.33. The molecule has 0 radical (unpaired) electrons. The van der Waals surface area contributed by atoms with Gasteiger partial charge in [0.1, 0.15) is 5.75 Å². The molecule has 2 aromatic rings. The van der Waals surface area contributed by atoms with Crippen molar-refractivity contribution in [2.24, 2.45) is 0 Å². The van der Waals surface area contributed by atoms with Gasteiger partial charge in [0.25, 0.3) is 0 Å². The minimum atomic E-state index is -0.933. The van der Waals surface area contributed by atoms with Gasteiger partial charge < -0.3 is 14.7 Å². The maximum Gasteiger partial charge on any atom is 0.335 e. The summed E-state index contributed by atoms with van der Waals surface area (Å²) in [5.41, 5.74) is 3.40. The van der Waals surface area contributed by atoms with Crippen molar-refractivity contribution in [3.63, 3.8) is 0 Å². The Kier molecular flexibility index (Phi) is 4.48. The molecular weight excluding hydrogens is 266 g/mol. The second-order valence-corrected chi connectivity index (χ2v) is 4.97. The average Bonchev–Trinajstić information content (AvgIpc) is 2.47. The lowest BCUT2D eigenvalue weighted by Crippen LogP contribution is -2.18. The van der Waals surface area contributed by atoms with Gasteiger partial charge in [0.2, 0.25) is 0 Å². The molecular formula is C17H19NO3. The van der Waals surface area contributed by atoms with Gasteiger partial charge in [-0.3, -0.25) is 0 Å². The van der Waals surface area contributed by atoms with Crippen LogP contribution in [-0.2, 0) is 6.54 Å². The molecule has 0 saturated heterocycles. The van der Waals surface area contributed by atoms with Crippen molar-refractivity contribution in [2.75, 3.05) is 19.1 Å². The van der Waals surface area contributed by atoms with Gasteiger partial charge in [-0.2, -0.15) is 0 Å². The molecule has 0 saturated carbocycles. The highest BCUT2D eigenvalue weighted by molar-refractivity contribution is 5.88. The summed E-state index contributed by atoms with van der Waals surface area (Å²) in [7, 11) is 3.57. The molecule has 21 heavy (non-hydrogen) atoms. The normalized spacial score (nSPS) is 10.2. The third-order valence-electron chi connectivity index (χ3n) is 3.46. The van der Waals surface area contributed by atoms with Gasteiger partial charge in [-0.25, -0.2) is 4.79 Å². The molecule has 0 aliphatic heterocycles. The Hall–Kier alpha value is -2.49. The number of methoxy groups -OCH3 is 1. The fourth-order valence-corrected chi connectivity index (χ4v) is 2.37. The Morgan fingerprint density at radius 1 is 1.24 bits per heavy atom. The number of benzene rings is 2. The van der Waals surface area contributed by atoms with Crippen LogP contribution in [0.15, 0.2) is 42.5 Å². The number of hydrogen-bond donors (Lipinski definition) is 1. The number of carboxylic acid groups (broad SMARTS) is 1. The largest absolute Gasteiger partial charge is 0.496 e. The summed E-state index contributed by atoms with van der Waals surface area (Å²) in [5.74, 6) is -0.238. The van der Waals surface area contributed by atoms with E-state index in [2.05, 4.69) is 17.9 Å². The van der Waals surface area contributed by atoms with E-state index < -0.39 is 5.97 Å². The number of aromatic carboxylic acids is 1. The van der Waals surface area contributed by atoms with Crippen molar-refractivity contribution in [1.82, 2.24) is 0 Å². The highest BCUT2D eigenvalue weighted by atomic mass is 16.5. The summed E-state index contributed by atoms with van der Waals surface area (Å²) in [6.07, 6.45) is 0. The lowest BCUT2D eigenvalue weighted by Gasteiger charge is -2.22. The number of anilines is 1. The summed E-state index contributed by atoms with van der Waals surface area (Å²) in [6, 6.07) is 13.0. The number of para-hydroxylation sites is 1. The van der Waals surface area contributed by atoms with E-state index in [9.17, 15) is 4.79 Å². The van der Waals surface area contributed by atoms with Crippen LogP contribution in [-0.4, -0.2) is 25.2 Å². The van der Waals surface area contributed by atoms with Crippen LogP contribution < -0.4 is 9.64 Å². The first kappa shape index (κ1) is 14.9. The molecule has 0 heterocycles. The molecule has 0 aliphatic carbocycles. The molecule has 0 fully saturated rings. The molecule has 4 nitrogen and oxygen atoms in total. The molecule has 0 spiro atoms. The van der Waals surface area contributed by atoms with E-state index in [1.165, 1.54) is 5.56 Å². The summed E-state index contributed by atoms with van der Waals surface area (Å²) in [5, 5.41) is 9.11. The number of carbonyl (C=O) groups is 1. The van der Waals surface area contributed by atoms with Crippen LogP contribution in [0.25, 0.3) is 0 Å².